The molecule has 0 aliphatic carbocycles. The van der Waals surface area contributed by atoms with Gasteiger partial charge >= 0.3 is 0 Å². The smallest absolute Gasteiger partial charge is 0.246 e. The molecule has 1 aliphatic rings. The molecule has 2 aromatic rings. The predicted molar refractivity (Wildman–Crippen MR) is 119 cm³/mol. The Morgan fingerprint density at radius 1 is 1.23 bits per heavy atom. The normalized spacial score (nSPS) is 15.9. The molecule has 2 heterocycles. The molecule has 1 aromatic carbocycles. The summed E-state index contributed by atoms with van der Waals surface area (Å²) in [6.07, 6.45) is 2.54. The Morgan fingerprint density at radius 2 is 1.94 bits per heavy atom. The first-order chi connectivity index (χ1) is 14.8. The Bertz CT molecular complexity index is 1010. The van der Waals surface area contributed by atoms with E-state index < -0.39 is 10.0 Å². The van der Waals surface area contributed by atoms with Crippen LogP contribution in [-0.2, 0) is 32.7 Å². The lowest BCUT2D eigenvalue weighted by Gasteiger charge is -2.30. The average Bonchev–Trinajstić information content (AvgIpc) is 2.76. The maximum atomic E-state index is 12.8. The number of benzene rings is 1. The number of ether oxygens (including phenoxy) is 1. The monoisotopic (exact) mass is 465 g/mol. The van der Waals surface area contributed by atoms with Crippen molar-refractivity contribution in [2.24, 2.45) is 5.92 Å². The standard InChI is InChI=1S/C22H28ClN3O4S/c1-16(2)30-15-18-6-3-5-17(13-18)14-25-22(27)19-8-11-26(12-9-19)31(28,29)20-7-4-10-24-21(20)23/h3-7,10,13,16,19H,8-9,11-12,14-15H2,1-2H3,(H,25,27). The molecule has 168 valence electrons. The molecule has 0 saturated carbocycles. The Hall–Kier alpha value is -2.00. The Kier molecular flexibility index (Phi) is 8.05. The quantitative estimate of drug-likeness (QED) is 0.604. The molecule has 9 heteroatoms. The molecule has 3 rings (SSSR count). The van der Waals surface area contributed by atoms with Gasteiger partial charge in [-0.25, -0.2) is 13.4 Å². The zero-order valence-electron chi connectivity index (χ0n) is 17.8. The molecule has 0 unspecified atom stereocenters. The highest BCUT2D eigenvalue weighted by atomic mass is 35.5. The minimum Gasteiger partial charge on any atom is -0.374 e. The highest BCUT2D eigenvalue weighted by molar-refractivity contribution is 7.89. The number of nitrogens with one attached hydrogen (secondary N) is 1. The van der Waals surface area contributed by atoms with Crippen LogP contribution < -0.4 is 5.32 Å². The zero-order valence-corrected chi connectivity index (χ0v) is 19.3. The van der Waals surface area contributed by atoms with Gasteiger partial charge in [-0.1, -0.05) is 35.9 Å². The summed E-state index contributed by atoms with van der Waals surface area (Å²) in [4.78, 5) is 16.5. The van der Waals surface area contributed by atoms with E-state index in [1.54, 1.807) is 6.07 Å². The third kappa shape index (κ3) is 6.26. The van der Waals surface area contributed by atoms with Crippen LogP contribution in [0.5, 0.6) is 0 Å². The molecule has 1 amide bonds. The van der Waals surface area contributed by atoms with Gasteiger partial charge in [0.25, 0.3) is 0 Å². The number of aromatic nitrogens is 1. The Morgan fingerprint density at radius 3 is 2.61 bits per heavy atom. The zero-order chi connectivity index (χ0) is 22.4. The number of amides is 1. The van der Waals surface area contributed by atoms with Crippen molar-refractivity contribution in [3.8, 4) is 0 Å². The number of rotatable bonds is 8. The van der Waals surface area contributed by atoms with E-state index in [0.29, 0.717) is 26.0 Å². The SMILES string of the molecule is CC(C)OCc1cccc(CNC(=O)C2CCN(S(=O)(=O)c3cccnc3Cl)CC2)c1. The molecule has 31 heavy (non-hydrogen) atoms. The summed E-state index contributed by atoms with van der Waals surface area (Å²) in [5, 5.41) is 2.94. The molecule has 1 saturated heterocycles. The topological polar surface area (TPSA) is 88.6 Å². The summed E-state index contributed by atoms with van der Waals surface area (Å²) in [6, 6.07) is 10.9. The number of nitrogens with zero attached hydrogens (tertiary/aromatic N) is 2. The van der Waals surface area contributed by atoms with Crippen molar-refractivity contribution in [3.63, 3.8) is 0 Å². The van der Waals surface area contributed by atoms with Gasteiger partial charge in [0, 0.05) is 31.7 Å². The van der Waals surface area contributed by atoms with E-state index in [2.05, 4.69) is 10.3 Å². The summed E-state index contributed by atoms with van der Waals surface area (Å²) < 4.78 is 32.6. The second-order valence-electron chi connectivity index (χ2n) is 7.87. The van der Waals surface area contributed by atoms with E-state index >= 15 is 0 Å². The summed E-state index contributed by atoms with van der Waals surface area (Å²) >= 11 is 5.96. The van der Waals surface area contributed by atoms with Gasteiger partial charge in [0.05, 0.1) is 12.7 Å². The Balaban J connectivity index is 1.52. The summed E-state index contributed by atoms with van der Waals surface area (Å²) in [6.45, 7) is 5.49. The molecular formula is C22H28ClN3O4S. The van der Waals surface area contributed by atoms with Crippen LogP contribution in [0.1, 0.15) is 37.8 Å². The molecule has 1 aromatic heterocycles. The van der Waals surface area contributed by atoms with Crippen LogP contribution >= 0.6 is 11.6 Å². The van der Waals surface area contributed by atoms with E-state index in [9.17, 15) is 13.2 Å². The van der Waals surface area contributed by atoms with Crippen LogP contribution in [0.4, 0.5) is 0 Å². The maximum absolute atomic E-state index is 12.8. The lowest BCUT2D eigenvalue weighted by Crippen LogP contribution is -2.43. The van der Waals surface area contributed by atoms with E-state index in [0.717, 1.165) is 11.1 Å². The van der Waals surface area contributed by atoms with Crippen molar-refractivity contribution in [2.45, 2.75) is 50.8 Å². The maximum Gasteiger partial charge on any atom is 0.246 e. The van der Waals surface area contributed by atoms with Crippen LogP contribution in [-0.4, -0.2) is 42.8 Å². The molecule has 7 nitrogen and oxygen atoms in total. The molecule has 1 fully saturated rings. The first kappa shape index (κ1) is 23.7. The second kappa shape index (κ2) is 10.5. The van der Waals surface area contributed by atoms with E-state index in [-0.39, 0.29) is 41.1 Å². The first-order valence-electron chi connectivity index (χ1n) is 10.3. The third-order valence-corrected chi connectivity index (χ3v) is 7.55. The van der Waals surface area contributed by atoms with Crippen LogP contribution in [0.2, 0.25) is 5.15 Å². The van der Waals surface area contributed by atoms with Gasteiger partial charge in [0.2, 0.25) is 15.9 Å². The van der Waals surface area contributed by atoms with Crippen molar-refractivity contribution in [1.29, 1.82) is 0 Å². The highest BCUT2D eigenvalue weighted by Crippen LogP contribution is 2.27. The van der Waals surface area contributed by atoms with Crippen molar-refractivity contribution in [2.75, 3.05) is 13.1 Å². The third-order valence-electron chi connectivity index (χ3n) is 5.21. The van der Waals surface area contributed by atoms with Crippen molar-refractivity contribution < 1.29 is 17.9 Å². The number of sulfonamides is 1. The number of halogens is 1. The average molecular weight is 466 g/mol. The summed E-state index contributed by atoms with van der Waals surface area (Å²) in [5.74, 6) is -0.274. The molecule has 0 atom stereocenters. The van der Waals surface area contributed by atoms with Crippen LogP contribution in [0, 0.1) is 5.92 Å². The van der Waals surface area contributed by atoms with Crippen LogP contribution in [0.15, 0.2) is 47.5 Å². The van der Waals surface area contributed by atoms with E-state index in [1.807, 2.05) is 38.1 Å². The highest BCUT2D eigenvalue weighted by Gasteiger charge is 2.33. The van der Waals surface area contributed by atoms with Gasteiger partial charge in [0.1, 0.15) is 10.0 Å². The minimum absolute atomic E-state index is 0.000830. The molecular weight excluding hydrogens is 438 g/mol. The second-order valence-corrected chi connectivity index (χ2v) is 10.1. The molecule has 1 aliphatic heterocycles. The fourth-order valence-corrected chi connectivity index (χ4v) is 5.38. The number of hydrogen-bond donors (Lipinski definition) is 1. The molecule has 0 radical (unpaired) electrons. The van der Waals surface area contributed by atoms with E-state index in [4.69, 9.17) is 16.3 Å². The number of piperidine rings is 1. The lowest BCUT2D eigenvalue weighted by molar-refractivity contribution is -0.126. The van der Waals surface area contributed by atoms with Gasteiger partial charge < -0.3 is 10.1 Å². The molecule has 0 bridgehead atoms. The largest absolute Gasteiger partial charge is 0.374 e. The predicted octanol–water partition coefficient (Wildman–Crippen LogP) is 3.38. The van der Waals surface area contributed by atoms with Crippen molar-refractivity contribution in [3.05, 3.63) is 58.9 Å². The summed E-state index contributed by atoms with van der Waals surface area (Å²) in [5.41, 5.74) is 2.07. The fraction of sp³-hybridized carbons (Fsp3) is 0.455. The molecule has 0 spiro atoms. The van der Waals surface area contributed by atoms with Crippen molar-refractivity contribution >= 4 is 27.5 Å². The van der Waals surface area contributed by atoms with Gasteiger partial charge in [-0.15, -0.1) is 0 Å². The van der Waals surface area contributed by atoms with Gasteiger partial charge in [-0.2, -0.15) is 4.31 Å². The number of hydrogen-bond acceptors (Lipinski definition) is 5. The van der Waals surface area contributed by atoms with E-state index in [1.165, 1.54) is 16.6 Å². The lowest BCUT2D eigenvalue weighted by atomic mass is 9.97. The Labute approximate surface area is 188 Å². The van der Waals surface area contributed by atoms with Crippen LogP contribution in [0.3, 0.4) is 0 Å². The number of pyridine rings is 1. The van der Waals surface area contributed by atoms with Gasteiger partial charge in [-0.05, 0) is 49.9 Å². The van der Waals surface area contributed by atoms with Crippen molar-refractivity contribution in [1.82, 2.24) is 14.6 Å². The fourth-order valence-electron chi connectivity index (χ4n) is 3.49. The minimum atomic E-state index is -3.72. The number of carbonyl (C=O) groups excluding carboxylic acids is 1. The summed E-state index contributed by atoms with van der Waals surface area (Å²) in [7, 11) is -3.72. The molecule has 1 N–H and O–H groups in total. The first-order valence-corrected chi connectivity index (χ1v) is 12.2. The van der Waals surface area contributed by atoms with Crippen LogP contribution in [0.25, 0.3) is 0 Å². The van der Waals surface area contributed by atoms with Gasteiger partial charge in [0.15, 0.2) is 0 Å². The number of carbonyl (C=O) groups is 1. The van der Waals surface area contributed by atoms with Gasteiger partial charge in [-0.3, -0.25) is 4.79 Å².